The SMILES string of the molecule is C#CCN1CCC(Nc2ccc(OC)cc2OC)CC1. The van der Waals surface area contributed by atoms with Gasteiger partial charge in [-0.05, 0) is 25.0 Å². The van der Waals surface area contributed by atoms with E-state index in [9.17, 15) is 0 Å². The lowest BCUT2D eigenvalue weighted by molar-refractivity contribution is 0.243. The fourth-order valence-electron chi connectivity index (χ4n) is 2.50. The van der Waals surface area contributed by atoms with Crippen LogP contribution in [0, 0.1) is 12.3 Å². The van der Waals surface area contributed by atoms with Gasteiger partial charge in [0.05, 0.1) is 26.5 Å². The molecular weight excluding hydrogens is 252 g/mol. The number of rotatable bonds is 5. The highest BCUT2D eigenvalue weighted by atomic mass is 16.5. The predicted molar refractivity (Wildman–Crippen MR) is 81.5 cm³/mol. The Labute approximate surface area is 121 Å². The molecule has 0 saturated carbocycles. The first-order valence-electron chi connectivity index (χ1n) is 6.91. The fraction of sp³-hybridized carbons (Fsp3) is 0.500. The van der Waals surface area contributed by atoms with Crippen LogP contribution in [0.1, 0.15) is 12.8 Å². The van der Waals surface area contributed by atoms with E-state index in [0.717, 1.165) is 49.7 Å². The number of methoxy groups -OCH3 is 2. The summed E-state index contributed by atoms with van der Waals surface area (Å²) in [7, 11) is 3.33. The second-order valence-corrected chi connectivity index (χ2v) is 4.97. The van der Waals surface area contributed by atoms with Crippen LogP contribution >= 0.6 is 0 Å². The first kappa shape index (κ1) is 14.5. The van der Waals surface area contributed by atoms with Crippen molar-refractivity contribution in [1.82, 2.24) is 4.90 Å². The summed E-state index contributed by atoms with van der Waals surface area (Å²) < 4.78 is 10.6. The van der Waals surface area contributed by atoms with Crippen LogP contribution in [0.15, 0.2) is 18.2 Å². The maximum absolute atomic E-state index is 5.41. The highest BCUT2D eigenvalue weighted by Crippen LogP contribution is 2.30. The van der Waals surface area contributed by atoms with Gasteiger partial charge in [-0.15, -0.1) is 6.42 Å². The summed E-state index contributed by atoms with van der Waals surface area (Å²) >= 11 is 0. The summed E-state index contributed by atoms with van der Waals surface area (Å²) in [6.07, 6.45) is 7.54. The van der Waals surface area contributed by atoms with Crippen LogP contribution in [0.25, 0.3) is 0 Å². The molecule has 0 aliphatic carbocycles. The second-order valence-electron chi connectivity index (χ2n) is 4.97. The van der Waals surface area contributed by atoms with Crippen molar-refractivity contribution in [3.05, 3.63) is 18.2 Å². The number of hydrogen-bond donors (Lipinski definition) is 1. The molecule has 108 valence electrons. The van der Waals surface area contributed by atoms with Gasteiger partial charge >= 0.3 is 0 Å². The molecule has 1 N–H and O–H groups in total. The summed E-state index contributed by atoms with van der Waals surface area (Å²) in [6, 6.07) is 6.31. The van der Waals surface area contributed by atoms with Crippen molar-refractivity contribution in [2.24, 2.45) is 0 Å². The first-order valence-corrected chi connectivity index (χ1v) is 6.91. The van der Waals surface area contributed by atoms with Crippen molar-refractivity contribution in [2.45, 2.75) is 18.9 Å². The molecule has 0 amide bonds. The molecule has 20 heavy (non-hydrogen) atoms. The Kier molecular flexibility index (Phi) is 5.14. The van der Waals surface area contributed by atoms with Crippen LogP contribution in [0.5, 0.6) is 11.5 Å². The number of benzene rings is 1. The molecule has 1 saturated heterocycles. The highest BCUT2D eigenvalue weighted by molar-refractivity contribution is 5.59. The maximum Gasteiger partial charge on any atom is 0.145 e. The zero-order valence-corrected chi connectivity index (χ0v) is 12.2. The Morgan fingerprint density at radius 1 is 1.30 bits per heavy atom. The van der Waals surface area contributed by atoms with E-state index in [1.54, 1.807) is 14.2 Å². The number of nitrogens with zero attached hydrogens (tertiary/aromatic N) is 1. The monoisotopic (exact) mass is 274 g/mol. The number of likely N-dealkylation sites (tertiary alicyclic amines) is 1. The van der Waals surface area contributed by atoms with Crippen LogP contribution in [0.3, 0.4) is 0 Å². The smallest absolute Gasteiger partial charge is 0.145 e. The molecule has 4 nitrogen and oxygen atoms in total. The minimum absolute atomic E-state index is 0.464. The van der Waals surface area contributed by atoms with Gasteiger partial charge in [0.25, 0.3) is 0 Å². The summed E-state index contributed by atoms with van der Waals surface area (Å²) in [5.74, 6) is 4.32. The van der Waals surface area contributed by atoms with Crippen molar-refractivity contribution in [1.29, 1.82) is 0 Å². The average Bonchev–Trinajstić information content (AvgIpc) is 2.50. The Morgan fingerprint density at radius 2 is 2.05 bits per heavy atom. The van der Waals surface area contributed by atoms with Crippen LogP contribution < -0.4 is 14.8 Å². The number of anilines is 1. The zero-order chi connectivity index (χ0) is 14.4. The van der Waals surface area contributed by atoms with Crippen molar-refractivity contribution < 1.29 is 9.47 Å². The highest BCUT2D eigenvalue weighted by Gasteiger charge is 2.19. The van der Waals surface area contributed by atoms with E-state index in [2.05, 4.69) is 16.1 Å². The summed E-state index contributed by atoms with van der Waals surface area (Å²) in [5.41, 5.74) is 1.02. The van der Waals surface area contributed by atoms with Gasteiger partial charge in [0.15, 0.2) is 0 Å². The van der Waals surface area contributed by atoms with Crippen molar-refractivity contribution in [3.63, 3.8) is 0 Å². The van der Waals surface area contributed by atoms with Gasteiger partial charge < -0.3 is 14.8 Å². The molecule has 1 heterocycles. The van der Waals surface area contributed by atoms with E-state index in [4.69, 9.17) is 15.9 Å². The number of terminal acetylenes is 1. The molecule has 0 unspecified atom stereocenters. The summed E-state index contributed by atoms with van der Waals surface area (Å²) in [5, 5.41) is 3.56. The molecule has 1 fully saturated rings. The molecule has 0 radical (unpaired) electrons. The topological polar surface area (TPSA) is 33.7 Å². The lowest BCUT2D eigenvalue weighted by Crippen LogP contribution is -2.39. The molecule has 0 atom stereocenters. The molecule has 0 bridgehead atoms. The van der Waals surface area contributed by atoms with E-state index in [1.807, 2.05) is 18.2 Å². The molecular formula is C16H22N2O2. The van der Waals surface area contributed by atoms with Crippen LogP contribution in [-0.4, -0.2) is 44.8 Å². The quantitative estimate of drug-likeness (QED) is 0.835. The van der Waals surface area contributed by atoms with E-state index in [1.165, 1.54) is 0 Å². The minimum Gasteiger partial charge on any atom is -0.497 e. The Hall–Kier alpha value is -1.86. The van der Waals surface area contributed by atoms with Crippen LogP contribution in [0.2, 0.25) is 0 Å². The Bertz CT molecular complexity index is 474. The molecule has 1 aromatic rings. The largest absolute Gasteiger partial charge is 0.497 e. The standard InChI is InChI=1S/C16H22N2O2/c1-4-9-18-10-7-13(8-11-18)17-15-6-5-14(19-2)12-16(15)20-3/h1,5-6,12-13,17H,7-11H2,2-3H3. The molecule has 1 aliphatic heterocycles. The lowest BCUT2D eigenvalue weighted by Gasteiger charge is -2.32. The summed E-state index contributed by atoms with van der Waals surface area (Å²) in [6.45, 7) is 2.83. The van der Waals surface area contributed by atoms with Gasteiger partial charge in [-0.3, -0.25) is 4.90 Å². The van der Waals surface area contributed by atoms with Crippen LogP contribution in [-0.2, 0) is 0 Å². The van der Waals surface area contributed by atoms with E-state index >= 15 is 0 Å². The number of hydrogen-bond acceptors (Lipinski definition) is 4. The predicted octanol–water partition coefficient (Wildman–Crippen LogP) is 2.21. The van der Waals surface area contributed by atoms with Gasteiger partial charge in [-0.25, -0.2) is 0 Å². The molecule has 1 aliphatic rings. The third kappa shape index (κ3) is 3.58. The lowest BCUT2D eigenvalue weighted by atomic mass is 10.0. The van der Waals surface area contributed by atoms with Gasteiger partial charge in [0.2, 0.25) is 0 Å². The van der Waals surface area contributed by atoms with E-state index in [0.29, 0.717) is 6.04 Å². The normalized spacial score (nSPS) is 16.4. The third-order valence-electron chi connectivity index (χ3n) is 3.67. The van der Waals surface area contributed by atoms with E-state index in [-0.39, 0.29) is 0 Å². The average molecular weight is 274 g/mol. The maximum atomic E-state index is 5.41. The first-order chi connectivity index (χ1) is 9.76. The Morgan fingerprint density at radius 3 is 2.65 bits per heavy atom. The van der Waals surface area contributed by atoms with Gasteiger partial charge in [-0.2, -0.15) is 0 Å². The Balaban J connectivity index is 1.96. The molecule has 2 rings (SSSR count). The number of piperidine rings is 1. The van der Waals surface area contributed by atoms with Crippen molar-refractivity contribution >= 4 is 5.69 Å². The zero-order valence-electron chi connectivity index (χ0n) is 12.2. The van der Waals surface area contributed by atoms with Crippen molar-refractivity contribution in [3.8, 4) is 23.8 Å². The van der Waals surface area contributed by atoms with E-state index < -0.39 is 0 Å². The van der Waals surface area contributed by atoms with Gasteiger partial charge in [-0.1, -0.05) is 5.92 Å². The molecule has 0 spiro atoms. The number of nitrogens with one attached hydrogen (secondary N) is 1. The van der Waals surface area contributed by atoms with Crippen LogP contribution in [0.4, 0.5) is 5.69 Å². The number of ether oxygens (including phenoxy) is 2. The summed E-state index contributed by atoms with van der Waals surface area (Å²) in [4.78, 5) is 2.31. The molecule has 0 aromatic heterocycles. The third-order valence-corrected chi connectivity index (χ3v) is 3.67. The fourth-order valence-corrected chi connectivity index (χ4v) is 2.50. The minimum atomic E-state index is 0.464. The molecule has 1 aromatic carbocycles. The molecule has 4 heteroatoms. The van der Waals surface area contributed by atoms with Crippen molar-refractivity contribution in [2.75, 3.05) is 39.2 Å². The van der Waals surface area contributed by atoms with Gasteiger partial charge in [0.1, 0.15) is 11.5 Å². The van der Waals surface area contributed by atoms with Gasteiger partial charge in [0, 0.05) is 25.2 Å². The second kappa shape index (κ2) is 7.06.